The van der Waals surface area contributed by atoms with Crippen LogP contribution in [-0.2, 0) is 9.31 Å². The smallest absolute Gasteiger partial charge is 0.400 e. The molecule has 5 heteroatoms. The van der Waals surface area contributed by atoms with E-state index < -0.39 is 18.3 Å². The lowest BCUT2D eigenvalue weighted by molar-refractivity contribution is 0.00578. The number of rotatable bonds is 3. The summed E-state index contributed by atoms with van der Waals surface area (Å²) in [7, 11) is -0.498. The minimum Gasteiger partial charge on any atom is -0.400 e. The molecule has 1 aliphatic rings. The molecule has 1 aromatic carbocycles. The summed E-state index contributed by atoms with van der Waals surface area (Å²) in [5.74, 6) is -0.228. The summed E-state index contributed by atoms with van der Waals surface area (Å²) in [6, 6.07) is 5.00. The van der Waals surface area contributed by atoms with Crippen LogP contribution in [0.2, 0.25) is 0 Å². The van der Waals surface area contributed by atoms with E-state index in [2.05, 4.69) is 0 Å². The maximum Gasteiger partial charge on any atom is 0.491 e. The first-order valence-electron chi connectivity index (χ1n) is 7.19. The summed E-state index contributed by atoms with van der Waals surface area (Å²) in [5, 5.41) is 0. The van der Waals surface area contributed by atoms with Crippen LogP contribution in [0.3, 0.4) is 0 Å². The zero-order valence-corrected chi connectivity index (χ0v) is 13.4. The molecule has 1 fully saturated rings. The highest BCUT2D eigenvalue weighted by molar-refractivity contribution is 6.55. The molecule has 1 aliphatic heterocycles. The molecule has 1 saturated heterocycles. The van der Waals surface area contributed by atoms with Gasteiger partial charge in [0.2, 0.25) is 0 Å². The van der Waals surface area contributed by atoms with Crippen LogP contribution in [0.5, 0.6) is 0 Å². The highest BCUT2D eigenvalue weighted by Gasteiger charge is 2.52. The number of hydrogen-bond acceptors (Lipinski definition) is 3. The molecule has 21 heavy (non-hydrogen) atoms. The summed E-state index contributed by atoms with van der Waals surface area (Å²) in [6.07, 6.45) is 1.86. The normalized spacial score (nSPS) is 20.9. The molecule has 0 amide bonds. The third-order valence-corrected chi connectivity index (χ3v) is 4.44. The standard InChI is InChI=1S/C16H23BFNO2/c1-11-12(7-6-8-14(11)18)9-13(10-19)17-20-15(2,3)16(4,5)21-17/h6-9H,10,19H2,1-5H3. The lowest BCUT2D eigenvalue weighted by atomic mass is 9.77. The van der Waals surface area contributed by atoms with E-state index in [1.54, 1.807) is 13.0 Å². The molecule has 3 nitrogen and oxygen atoms in total. The van der Waals surface area contributed by atoms with Gasteiger partial charge in [-0.3, -0.25) is 0 Å². The van der Waals surface area contributed by atoms with Gasteiger partial charge in [0, 0.05) is 6.54 Å². The number of benzene rings is 1. The van der Waals surface area contributed by atoms with Gasteiger partial charge in [0.25, 0.3) is 0 Å². The number of hydrogen-bond donors (Lipinski definition) is 1. The van der Waals surface area contributed by atoms with Crippen molar-refractivity contribution in [1.29, 1.82) is 0 Å². The highest BCUT2D eigenvalue weighted by Crippen LogP contribution is 2.38. The largest absolute Gasteiger partial charge is 0.491 e. The molecule has 114 valence electrons. The Labute approximate surface area is 126 Å². The maximum absolute atomic E-state index is 13.6. The first-order valence-corrected chi connectivity index (χ1v) is 7.19. The lowest BCUT2D eigenvalue weighted by Gasteiger charge is -2.32. The van der Waals surface area contributed by atoms with Gasteiger partial charge in [0.05, 0.1) is 11.2 Å². The van der Waals surface area contributed by atoms with Gasteiger partial charge in [0.15, 0.2) is 0 Å². The minimum absolute atomic E-state index is 0.228. The third kappa shape index (κ3) is 3.05. The van der Waals surface area contributed by atoms with Crippen molar-refractivity contribution in [2.45, 2.75) is 45.8 Å². The Balaban J connectivity index is 2.33. The van der Waals surface area contributed by atoms with E-state index in [0.29, 0.717) is 12.1 Å². The molecule has 0 unspecified atom stereocenters. The van der Waals surface area contributed by atoms with Crippen molar-refractivity contribution >= 4 is 13.2 Å². The molecule has 0 spiro atoms. The van der Waals surface area contributed by atoms with Gasteiger partial charge in [-0.1, -0.05) is 18.2 Å². The predicted molar refractivity (Wildman–Crippen MR) is 84.3 cm³/mol. The van der Waals surface area contributed by atoms with Gasteiger partial charge in [-0.25, -0.2) is 4.39 Å². The lowest BCUT2D eigenvalue weighted by Crippen LogP contribution is -2.41. The molecular formula is C16H23BFNO2. The van der Waals surface area contributed by atoms with Gasteiger partial charge in [-0.15, -0.1) is 0 Å². The zero-order valence-electron chi connectivity index (χ0n) is 13.4. The first kappa shape index (κ1) is 16.2. The second-order valence-corrected chi connectivity index (χ2v) is 6.47. The van der Waals surface area contributed by atoms with Crippen molar-refractivity contribution in [2.75, 3.05) is 6.54 Å². The summed E-state index contributed by atoms with van der Waals surface area (Å²) in [4.78, 5) is 0. The van der Waals surface area contributed by atoms with Gasteiger partial charge in [0.1, 0.15) is 5.82 Å². The first-order chi connectivity index (χ1) is 9.68. The van der Waals surface area contributed by atoms with Crippen LogP contribution in [0, 0.1) is 12.7 Å². The van der Waals surface area contributed by atoms with E-state index in [0.717, 1.165) is 11.0 Å². The molecule has 1 aromatic rings. The Bertz CT molecular complexity index is 553. The molecule has 0 atom stereocenters. The van der Waals surface area contributed by atoms with Crippen LogP contribution in [-0.4, -0.2) is 24.9 Å². The van der Waals surface area contributed by atoms with Crippen molar-refractivity contribution in [3.05, 3.63) is 40.6 Å². The SMILES string of the molecule is Cc1c(F)cccc1C=C(CN)B1OC(C)(C)C(C)(C)O1. The molecule has 1 heterocycles. The van der Waals surface area contributed by atoms with E-state index in [4.69, 9.17) is 15.0 Å². The zero-order chi connectivity index (χ0) is 15.8. The monoisotopic (exact) mass is 291 g/mol. The van der Waals surface area contributed by atoms with Crippen LogP contribution in [0.15, 0.2) is 23.7 Å². The fraction of sp³-hybridized carbons (Fsp3) is 0.500. The van der Waals surface area contributed by atoms with Crippen molar-refractivity contribution in [3.8, 4) is 0 Å². The molecule has 0 bridgehead atoms. The van der Waals surface area contributed by atoms with E-state index in [9.17, 15) is 4.39 Å². The van der Waals surface area contributed by atoms with Gasteiger partial charge >= 0.3 is 7.12 Å². The van der Waals surface area contributed by atoms with Crippen LogP contribution in [0.25, 0.3) is 6.08 Å². The fourth-order valence-corrected chi connectivity index (χ4v) is 2.20. The van der Waals surface area contributed by atoms with Crippen LogP contribution < -0.4 is 5.73 Å². The maximum atomic E-state index is 13.6. The average Bonchev–Trinajstić information content (AvgIpc) is 2.60. The molecule has 0 saturated carbocycles. The van der Waals surface area contributed by atoms with E-state index >= 15 is 0 Å². The predicted octanol–water partition coefficient (Wildman–Crippen LogP) is 3.11. The van der Waals surface area contributed by atoms with Gasteiger partial charge in [-0.05, 0) is 57.3 Å². The Morgan fingerprint density at radius 3 is 2.33 bits per heavy atom. The van der Waals surface area contributed by atoms with Crippen molar-refractivity contribution in [1.82, 2.24) is 0 Å². The number of nitrogens with two attached hydrogens (primary N) is 1. The van der Waals surface area contributed by atoms with Gasteiger partial charge < -0.3 is 15.0 Å². The van der Waals surface area contributed by atoms with E-state index in [1.807, 2.05) is 39.8 Å². The van der Waals surface area contributed by atoms with Crippen LogP contribution in [0.4, 0.5) is 4.39 Å². The Hall–Kier alpha value is -1.17. The molecule has 2 rings (SSSR count). The summed E-state index contributed by atoms with van der Waals surface area (Å²) in [6.45, 7) is 10.0. The number of halogens is 1. The minimum atomic E-state index is -0.498. The average molecular weight is 291 g/mol. The van der Waals surface area contributed by atoms with Crippen molar-refractivity contribution < 1.29 is 13.7 Å². The van der Waals surface area contributed by atoms with Gasteiger partial charge in [-0.2, -0.15) is 0 Å². The van der Waals surface area contributed by atoms with E-state index in [1.165, 1.54) is 6.07 Å². The molecule has 0 radical (unpaired) electrons. The quantitative estimate of drug-likeness (QED) is 0.870. The summed E-state index contributed by atoms with van der Waals surface area (Å²) < 4.78 is 25.6. The fourth-order valence-electron chi connectivity index (χ4n) is 2.20. The second-order valence-electron chi connectivity index (χ2n) is 6.47. The Morgan fingerprint density at radius 1 is 1.24 bits per heavy atom. The van der Waals surface area contributed by atoms with Crippen LogP contribution >= 0.6 is 0 Å². The third-order valence-electron chi connectivity index (χ3n) is 4.44. The highest BCUT2D eigenvalue weighted by atomic mass is 19.1. The van der Waals surface area contributed by atoms with E-state index in [-0.39, 0.29) is 5.82 Å². The molecule has 0 aromatic heterocycles. The Kier molecular flexibility index (Phi) is 4.29. The summed E-state index contributed by atoms with van der Waals surface area (Å²) in [5.41, 5.74) is 7.22. The summed E-state index contributed by atoms with van der Waals surface area (Å²) >= 11 is 0. The second kappa shape index (κ2) is 5.56. The Morgan fingerprint density at radius 2 is 1.81 bits per heavy atom. The molecule has 2 N–H and O–H groups in total. The molecule has 0 aliphatic carbocycles. The van der Waals surface area contributed by atoms with Crippen molar-refractivity contribution in [2.24, 2.45) is 5.73 Å². The van der Waals surface area contributed by atoms with Crippen molar-refractivity contribution in [3.63, 3.8) is 0 Å². The topological polar surface area (TPSA) is 44.5 Å². The molecular weight excluding hydrogens is 268 g/mol. The van der Waals surface area contributed by atoms with Crippen LogP contribution in [0.1, 0.15) is 38.8 Å².